The second-order valence-electron chi connectivity index (χ2n) is 6.84. The molecule has 1 unspecified atom stereocenters. The summed E-state index contributed by atoms with van der Waals surface area (Å²) >= 11 is 1.17. The number of carbonyl (C=O) groups excluding carboxylic acids is 1. The number of nitro groups is 1. The Kier molecular flexibility index (Phi) is 5.35. The van der Waals surface area contributed by atoms with Gasteiger partial charge in [0.25, 0.3) is 11.2 Å². The lowest BCUT2D eigenvalue weighted by Crippen LogP contribution is -2.39. The summed E-state index contributed by atoms with van der Waals surface area (Å²) in [5, 5.41) is 11.1. The van der Waals surface area contributed by atoms with Crippen LogP contribution in [0.2, 0.25) is 0 Å². The molecule has 0 amide bonds. The molecule has 0 fully saturated rings. The van der Waals surface area contributed by atoms with Crippen LogP contribution in [0.25, 0.3) is 6.08 Å². The number of esters is 1. The van der Waals surface area contributed by atoms with Crippen molar-refractivity contribution in [3.05, 3.63) is 107 Å². The third-order valence-electron chi connectivity index (χ3n) is 4.92. The van der Waals surface area contributed by atoms with Crippen molar-refractivity contribution in [1.82, 2.24) is 4.57 Å². The van der Waals surface area contributed by atoms with Gasteiger partial charge >= 0.3 is 5.97 Å². The second kappa shape index (κ2) is 8.11. The third-order valence-corrected chi connectivity index (χ3v) is 5.90. The van der Waals surface area contributed by atoms with E-state index in [1.807, 2.05) is 30.3 Å². The molecule has 31 heavy (non-hydrogen) atoms. The van der Waals surface area contributed by atoms with Crippen LogP contribution in [-0.4, -0.2) is 22.6 Å². The van der Waals surface area contributed by atoms with Crippen LogP contribution in [0.5, 0.6) is 0 Å². The number of rotatable bonds is 4. The molecule has 1 aliphatic heterocycles. The van der Waals surface area contributed by atoms with E-state index in [1.54, 1.807) is 25.1 Å². The van der Waals surface area contributed by atoms with Crippen molar-refractivity contribution in [2.75, 3.05) is 7.11 Å². The molecule has 4 rings (SSSR count). The number of non-ortho nitro benzene ring substituents is 1. The summed E-state index contributed by atoms with van der Waals surface area (Å²) in [7, 11) is 1.29. The standard InChI is InChI=1S/C22H17N3O5S/c1-13-18(21(27)30-2)19(15-8-4-3-5-9-15)24-20(26)17(31-22(24)23-13)12-14-7-6-10-16(11-14)25(28)29/h3-12,19H,1-2H3/b17-12-. The molecule has 2 aromatic carbocycles. The predicted octanol–water partition coefficient (Wildman–Crippen LogP) is 2.32. The van der Waals surface area contributed by atoms with Crippen molar-refractivity contribution < 1.29 is 14.5 Å². The summed E-state index contributed by atoms with van der Waals surface area (Å²) in [6.07, 6.45) is 1.59. The minimum absolute atomic E-state index is 0.0625. The number of nitro benzene ring substituents is 1. The number of benzene rings is 2. The van der Waals surface area contributed by atoms with Gasteiger partial charge in [0, 0.05) is 12.1 Å². The number of nitrogens with zero attached hydrogens (tertiary/aromatic N) is 3. The fraction of sp³-hybridized carbons (Fsp3) is 0.136. The molecule has 0 saturated heterocycles. The van der Waals surface area contributed by atoms with Crippen LogP contribution in [0.1, 0.15) is 24.1 Å². The summed E-state index contributed by atoms with van der Waals surface area (Å²) in [6.45, 7) is 1.71. The van der Waals surface area contributed by atoms with E-state index < -0.39 is 16.9 Å². The molecule has 9 heteroatoms. The fourth-order valence-corrected chi connectivity index (χ4v) is 4.57. The minimum atomic E-state index is -0.683. The molecule has 1 aromatic heterocycles. The normalized spacial score (nSPS) is 15.9. The zero-order valence-corrected chi connectivity index (χ0v) is 17.5. The first-order valence-corrected chi connectivity index (χ1v) is 10.1. The molecule has 3 aromatic rings. The van der Waals surface area contributed by atoms with Crippen molar-refractivity contribution in [3.8, 4) is 0 Å². The number of hydrogen-bond donors (Lipinski definition) is 0. The summed E-state index contributed by atoms with van der Waals surface area (Å²) in [6, 6.07) is 14.5. The van der Waals surface area contributed by atoms with Gasteiger partial charge in [0.05, 0.1) is 33.9 Å². The number of ether oxygens (including phenoxy) is 1. The van der Waals surface area contributed by atoms with Crippen molar-refractivity contribution in [2.45, 2.75) is 13.0 Å². The van der Waals surface area contributed by atoms with Crippen molar-refractivity contribution in [1.29, 1.82) is 0 Å². The Balaban J connectivity index is 1.95. The zero-order chi connectivity index (χ0) is 22.1. The van der Waals surface area contributed by atoms with Crippen LogP contribution >= 0.6 is 11.3 Å². The molecule has 2 heterocycles. The topological polar surface area (TPSA) is 104 Å². The highest BCUT2D eigenvalue weighted by Crippen LogP contribution is 2.30. The number of allylic oxidation sites excluding steroid dienone is 1. The Morgan fingerprint density at radius 2 is 1.97 bits per heavy atom. The van der Waals surface area contributed by atoms with Crippen LogP contribution in [0, 0.1) is 10.1 Å². The SMILES string of the molecule is COC(=O)C1=C(C)N=c2s/c(=C\c3cccc([N+](=O)[O-])c3)c(=O)n2C1c1ccccc1. The molecule has 0 spiro atoms. The number of aromatic nitrogens is 1. The Labute approximate surface area is 180 Å². The molecule has 156 valence electrons. The van der Waals surface area contributed by atoms with E-state index in [2.05, 4.69) is 4.99 Å². The van der Waals surface area contributed by atoms with Gasteiger partial charge in [-0.15, -0.1) is 0 Å². The molecule has 8 nitrogen and oxygen atoms in total. The first-order valence-electron chi connectivity index (χ1n) is 9.31. The Morgan fingerprint density at radius 3 is 2.65 bits per heavy atom. The van der Waals surface area contributed by atoms with Crippen molar-refractivity contribution in [2.24, 2.45) is 4.99 Å². The molecule has 0 N–H and O–H groups in total. The molecule has 0 saturated carbocycles. The largest absolute Gasteiger partial charge is 0.466 e. The Hall–Kier alpha value is -3.85. The first kappa shape index (κ1) is 20.4. The highest BCUT2D eigenvalue weighted by Gasteiger charge is 2.32. The molecular weight excluding hydrogens is 418 g/mol. The average molecular weight is 435 g/mol. The predicted molar refractivity (Wildman–Crippen MR) is 115 cm³/mol. The van der Waals surface area contributed by atoms with Crippen LogP contribution in [-0.2, 0) is 9.53 Å². The van der Waals surface area contributed by atoms with Gasteiger partial charge in [-0.3, -0.25) is 19.5 Å². The minimum Gasteiger partial charge on any atom is -0.466 e. The highest BCUT2D eigenvalue weighted by atomic mass is 32.1. The lowest BCUT2D eigenvalue weighted by molar-refractivity contribution is -0.384. The maximum Gasteiger partial charge on any atom is 0.338 e. The summed E-state index contributed by atoms with van der Waals surface area (Å²) in [4.78, 5) is 41.4. The summed E-state index contributed by atoms with van der Waals surface area (Å²) in [5.74, 6) is -0.553. The number of thiazole rings is 1. The van der Waals surface area contributed by atoms with Crippen LogP contribution < -0.4 is 14.9 Å². The van der Waals surface area contributed by atoms with Crippen LogP contribution in [0.4, 0.5) is 5.69 Å². The monoisotopic (exact) mass is 435 g/mol. The maximum absolute atomic E-state index is 13.4. The molecule has 1 aliphatic rings. The maximum atomic E-state index is 13.4. The summed E-state index contributed by atoms with van der Waals surface area (Å²) < 4.78 is 6.80. The Bertz CT molecular complexity index is 1400. The molecule has 0 aliphatic carbocycles. The Morgan fingerprint density at radius 1 is 1.23 bits per heavy atom. The van der Waals surface area contributed by atoms with E-state index in [0.29, 0.717) is 26.2 Å². The van der Waals surface area contributed by atoms with Gasteiger partial charge in [-0.2, -0.15) is 0 Å². The number of carbonyl (C=O) groups is 1. The molecule has 1 atom stereocenters. The van der Waals surface area contributed by atoms with Crippen molar-refractivity contribution in [3.63, 3.8) is 0 Å². The number of hydrogen-bond acceptors (Lipinski definition) is 7. The van der Waals surface area contributed by atoms with E-state index in [4.69, 9.17) is 4.74 Å². The molecule has 0 bridgehead atoms. The van der Waals surface area contributed by atoms with Gasteiger partial charge in [0.1, 0.15) is 0 Å². The zero-order valence-electron chi connectivity index (χ0n) is 16.6. The van der Waals surface area contributed by atoms with E-state index in [-0.39, 0.29) is 11.2 Å². The van der Waals surface area contributed by atoms with Gasteiger partial charge in [0.2, 0.25) is 0 Å². The van der Waals surface area contributed by atoms with Gasteiger partial charge in [-0.05, 0) is 24.1 Å². The fourth-order valence-electron chi connectivity index (χ4n) is 3.52. The molecule has 0 radical (unpaired) electrons. The van der Waals surface area contributed by atoms with Gasteiger partial charge in [-0.1, -0.05) is 53.8 Å². The van der Waals surface area contributed by atoms with Crippen molar-refractivity contribution >= 4 is 29.1 Å². The van der Waals surface area contributed by atoms with Gasteiger partial charge in [0.15, 0.2) is 4.80 Å². The van der Waals surface area contributed by atoms with E-state index in [0.717, 1.165) is 5.56 Å². The lowest BCUT2D eigenvalue weighted by atomic mass is 9.96. The van der Waals surface area contributed by atoms with Gasteiger partial charge in [-0.25, -0.2) is 9.79 Å². The lowest BCUT2D eigenvalue weighted by Gasteiger charge is -2.24. The third kappa shape index (κ3) is 3.71. The van der Waals surface area contributed by atoms with E-state index in [1.165, 1.54) is 35.1 Å². The average Bonchev–Trinajstić information content (AvgIpc) is 3.07. The first-order chi connectivity index (χ1) is 14.9. The van der Waals surface area contributed by atoms with E-state index in [9.17, 15) is 19.7 Å². The summed E-state index contributed by atoms with van der Waals surface area (Å²) in [5.41, 5.74) is 1.65. The van der Waals surface area contributed by atoms with Gasteiger partial charge < -0.3 is 4.74 Å². The quantitative estimate of drug-likeness (QED) is 0.355. The van der Waals surface area contributed by atoms with Crippen LogP contribution in [0.3, 0.4) is 0 Å². The number of fused-ring (bicyclic) bond motifs is 1. The number of methoxy groups -OCH3 is 1. The second-order valence-corrected chi connectivity index (χ2v) is 7.85. The molecular formula is C22H17N3O5S. The smallest absolute Gasteiger partial charge is 0.338 e. The van der Waals surface area contributed by atoms with E-state index >= 15 is 0 Å². The highest BCUT2D eigenvalue weighted by molar-refractivity contribution is 7.07. The van der Waals surface area contributed by atoms with Crippen LogP contribution in [0.15, 0.2) is 75.7 Å².